The fourth-order valence-electron chi connectivity index (χ4n) is 3.61. The van der Waals surface area contributed by atoms with Crippen LogP contribution in [0.2, 0.25) is 0 Å². The maximum Gasteiger partial charge on any atom is 0.416 e. The summed E-state index contributed by atoms with van der Waals surface area (Å²) in [6, 6.07) is 4.61. The highest BCUT2D eigenvalue weighted by Gasteiger charge is 2.36. The average Bonchev–Trinajstić information content (AvgIpc) is 2.62. The van der Waals surface area contributed by atoms with Crippen LogP contribution in [0.5, 0.6) is 5.75 Å². The molecule has 0 aliphatic carbocycles. The standard InChI is InChI=1S/C18H25F3N2O3S/c1-22-10-8-17(9-11-22)27(24,25)23-12-6-16(7-13-23)26-15-4-2-14(3-5-15)18(19,20)21/h2-5,16-17H,6-13H2,1H3. The second-order valence-electron chi connectivity index (χ2n) is 7.29. The number of sulfonamides is 1. The third-order valence-electron chi connectivity index (χ3n) is 5.33. The van der Waals surface area contributed by atoms with E-state index in [-0.39, 0.29) is 11.4 Å². The SMILES string of the molecule is CN1CCC(S(=O)(=O)N2CCC(Oc3ccc(C(F)(F)F)cc3)CC2)CC1. The molecule has 0 aromatic heterocycles. The molecule has 27 heavy (non-hydrogen) atoms. The molecule has 2 fully saturated rings. The summed E-state index contributed by atoms with van der Waals surface area (Å²) >= 11 is 0. The van der Waals surface area contributed by atoms with Crippen LogP contribution in [-0.2, 0) is 16.2 Å². The summed E-state index contributed by atoms with van der Waals surface area (Å²) < 4.78 is 70.7. The van der Waals surface area contributed by atoms with Crippen molar-refractivity contribution >= 4 is 10.0 Å². The van der Waals surface area contributed by atoms with Crippen LogP contribution >= 0.6 is 0 Å². The first-order valence-electron chi connectivity index (χ1n) is 9.17. The van der Waals surface area contributed by atoms with Gasteiger partial charge < -0.3 is 9.64 Å². The van der Waals surface area contributed by atoms with Crippen molar-refractivity contribution in [3.05, 3.63) is 29.8 Å². The molecule has 0 saturated carbocycles. The zero-order valence-corrected chi connectivity index (χ0v) is 16.1. The summed E-state index contributed by atoms with van der Waals surface area (Å²) in [5, 5.41) is -0.318. The Labute approximate surface area is 158 Å². The zero-order chi connectivity index (χ0) is 19.7. The number of likely N-dealkylation sites (tertiary alicyclic amines) is 1. The van der Waals surface area contributed by atoms with E-state index in [0.29, 0.717) is 44.5 Å². The van der Waals surface area contributed by atoms with Crippen molar-refractivity contribution in [2.24, 2.45) is 0 Å². The molecule has 0 amide bonds. The fraction of sp³-hybridized carbons (Fsp3) is 0.667. The molecule has 9 heteroatoms. The average molecular weight is 406 g/mol. The first-order chi connectivity index (χ1) is 12.7. The minimum atomic E-state index is -4.37. The summed E-state index contributed by atoms with van der Waals surface area (Å²) in [4.78, 5) is 2.14. The van der Waals surface area contributed by atoms with Gasteiger partial charge in [0.25, 0.3) is 0 Å². The Hall–Kier alpha value is -1.32. The van der Waals surface area contributed by atoms with Gasteiger partial charge in [-0.25, -0.2) is 12.7 Å². The third kappa shape index (κ3) is 4.94. The molecule has 2 aliphatic heterocycles. The van der Waals surface area contributed by atoms with E-state index in [0.717, 1.165) is 25.2 Å². The van der Waals surface area contributed by atoms with Gasteiger partial charge in [0.05, 0.1) is 10.8 Å². The molecule has 0 radical (unpaired) electrons. The topological polar surface area (TPSA) is 49.9 Å². The predicted octanol–water partition coefficient (Wildman–Crippen LogP) is 2.97. The number of halogens is 3. The Morgan fingerprint density at radius 1 is 0.963 bits per heavy atom. The van der Waals surface area contributed by atoms with E-state index in [9.17, 15) is 21.6 Å². The highest BCUT2D eigenvalue weighted by molar-refractivity contribution is 7.89. The quantitative estimate of drug-likeness (QED) is 0.772. The normalized spacial score (nSPS) is 22.1. The summed E-state index contributed by atoms with van der Waals surface area (Å²) in [7, 11) is -1.31. The van der Waals surface area contributed by atoms with Gasteiger partial charge in [-0.2, -0.15) is 13.2 Å². The van der Waals surface area contributed by atoms with Gasteiger partial charge in [-0.1, -0.05) is 0 Å². The lowest BCUT2D eigenvalue weighted by Gasteiger charge is -2.36. The fourth-order valence-corrected chi connectivity index (χ4v) is 5.56. The van der Waals surface area contributed by atoms with Crippen LogP contribution in [0.25, 0.3) is 0 Å². The molecule has 3 rings (SSSR count). The molecule has 1 aromatic rings. The van der Waals surface area contributed by atoms with E-state index in [1.165, 1.54) is 12.1 Å². The van der Waals surface area contributed by atoms with Crippen LogP contribution in [0, 0.1) is 0 Å². The van der Waals surface area contributed by atoms with Crippen LogP contribution in [0.3, 0.4) is 0 Å². The molecule has 152 valence electrons. The Morgan fingerprint density at radius 2 is 1.52 bits per heavy atom. The summed E-state index contributed by atoms with van der Waals surface area (Å²) in [5.41, 5.74) is -0.714. The van der Waals surface area contributed by atoms with Crippen LogP contribution < -0.4 is 4.74 Å². The van der Waals surface area contributed by atoms with Crippen LogP contribution in [0.4, 0.5) is 13.2 Å². The molecule has 0 atom stereocenters. The van der Waals surface area contributed by atoms with Crippen molar-refractivity contribution < 1.29 is 26.3 Å². The molecule has 1 aromatic carbocycles. The lowest BCUT2D eigenvalue weighted by molar-refractivity contribution is -0.137. The van der Waals surface area contributed by atoms with Crippen molar-refractivity contribution in [2.45, 2.75) is 43.2 Å². The van der Waals surface area contributed by atoms with Gasteiger partial charge in [0.1, 0.15) is 11.9 Å². The summed E-state index contributed by atoms with van der Waals surface area (Å²) in [5.74, 6) is 0.375. The minimum absolute atomic E-state index is 0.189. The smallest absolute Gasteiger partial charge is 0.416 e. The van der Waals surface area contributed by atoms with Gasteiger partial charge in [-0.3, -0.25) is 0 Å². The molecular formula is C18H25F3N2O3S. The summed E-state index contributed by atoms with van der Waals surface area (Å²) in [6.45, 7) is 2.36. The number of benzene rings is 1. The molecule has 0 bridgehead atoms. The molecule has 2 heterocycles. The molecule has 0 spiro atoms. The van der Waals surface area contributed by atoms with Crippen molar-refractivity contribution in [3.63, 3.8) is 0 Å². The number of hydrogen-bond acceptors (Lipinski definition) is 4. The lowest BCUT2D eigenvalue weighted by atomic mass is 10.1. The van der Waals surface area contributed by atoms with Crippen LogP contribution in [0.1, 0.15) is 31.2 Å². The highest BCUT2D eigenvalue weighted by Crippen LogP contribution is 2.31. The monoisotopic (exact) mass is 406 g/mol. The minimum Gasteiger partial charge on any atom is -0.490 e. The Balaban J connectivity index is 1.53. The first-order valence-corrected chi connectivity index (χ1v) is 10.7. The maximum atomic E-state index is 12.8. The number of rotatable bonds is 4. The maximum absolute atomic E-state index is 12.8. The van der Waals surface area contributed by atoms with Gasteiger partial charge in [-0.05, 0) is 70.1 Å². The molecule has 2 aliphatic rings. The molecule has 5 nitrogen and oxygen atoms in total. The number of piperidine rings is 2. The van der Waals surface area contributed by atoms with Gasteiger partial charge >= 0.3 is 6.18 Å². The van der Waals surface area contributed by atoms with E-state index in [2.05, 4.69) is 4.90 Å². The van der Waals surface area contributed by atoms with Crippen molar-refractivity contribution in [1.29, 1.82) is 0 Å². The van der Waals surface area contributed by atoms with Crippen molar-refractivity contribution in [3.8, 4) is 5.75 Å². The van der Waals surface area contributed by atoms with Gasteiger partial charge in [0.15, 0.2) is 0 Å². The second kappa shape index (κ2) is 7.97. The van der Waals surface area contributed by atoms with E-state index in [1.807, 2.05) is 7.05 Å². The summed E-state index contributed by atoms with van der Waals surface area (Å²) in [6.07, 6.45) is -2.18. The number of ether oxygens (including phenoxy) is 1. The number of alkyl halides is 3. The van der Waals surface area contributed by atoms with Crippen molar-refractivity contribution in [2.75, 3.05) is 33.2 Å². The van der Waals surface area contributed by atoms with E-state index in [1.54, 1.807) is 4.31 Å². The van der Waals surface area contributed by atoms with Gasteiger partial charge in [-0.15, -0.1) is 0 Å². The Bertz CT molecular complexity index is 721. The number of nitrogens with zero attached hydrogens (tertiary/aromatic N) is 2. The van der Waals surface area contributed by atoms with E-state index in [4.69, 9.17) is 4.74 Å². The third-order valence-corrected chi connectivity index (χ3v) is 7.73. The van der Waals surface area contributed by atoms with Gasteiger partial charge in [0.2, 0.25) is 10.0 Å². The molecule has 2 saturated heterocycles. The molecule has 0 N–H and O–H groups in total. The van der Waals surface area contributed by atoms with Crippen molar-refractivity contribution in [1.82, 2.24) is 9.21 Å². The second-order valence-corrected chi connectivity index (χ2v) is 9.50. The van der Waals surface area contributed by atoms with E-state index < -0.39 is 21.8 Å². The Morgan fingerprint density at radius 3 is 2.04 bits per heavy atom. The predicted molar refractivity (Wildman–Crippen MR) is 96.1 cm³/mol. The molecule has 0 unspecified atom stereocenters. The van der Waals surface area contributed by atoms with E-state index >= 15 is 0 Å². The molecular weight excluding hydrogens is 381 g/mol. The number of hydrogen-bond donors (Lipinski definition) is 0. The lowest BCUT2D eigenvalue weighted by Crippen LogP contribution is -2.48. The largest absolute Gasteiger partial charge is 0.490 e. The Kier molecular flexibility index (Phi) is 6.02. The van der Waals surface area contributed by atoms with Crippen LogP contribution in [-0.4, -0.2) is 62.2 Å². The highest BCUT2D eigenvalue weighted by atomic mass is 32.2. The van der Waals surface area contributed by atoms with Gasteiger partial charge in [0, 0.05) is 13.1 Å². The first kappa shape index (κ1) is 20.4. The van der Waals surface area contributed by atoms with Crippen LogP contribution in [0.15, 0.2) is 24.3 Å². The zero-order valence-electron chi connectivity index (χ0n) is 15.3.